The molecule has 2 aromatic rings. The molecule has 0 saturated heterocycles. The van der Waals surface area contributed by atoms with Gasteiger partial charge in [-0.2, -0.15) is 27.8 Å². The van der Waals surface area contributed by atoms with Crippen LogP contribution in [-0.4, -0.2) is 27.7 Å². The SMILES string of the molecule is CS1(O)ON2C(=O)N(c3cccc(C(F)(F)F)c3)C3=C(C(=O)CC3)[C@H]2c2ccc(C#N)cc21. The van der Waals surface area contributed by atoms with Crippen LogP contribution in [0.2, 0.25) is 0 Å². The first kappa shape index (κ1) is 21.5. The fourth-order valence-corrected chi connectivity index (χ4v) is 5.95. The van der Waals surface area contributed by atoms with Gasteiger partial charge in [0.05, 0.1) is 27.8 Å². The van der Waals surface area contributed by atoms with Crippen molar-refractivity contribution < 1.29 is 31.6 Å². The fraction of sp³-hybridized carbons (Fsp3) is 0.227. The van der Waals surface area contributed by atoms with Crippen LogP contribution < -0.4 is 4.90 Å². The summed E-state index contributed by atoms with van der Waals surface area (Å²) in [7, 11) is -3.05. The van der Waals surface area contributed by atoms with E-state index >= 15 is 0 Å². The highest BCUT2D eigenvalue weighted by atomic mass is 32.3. The highest BCUT2D eigenvalue weighted by molar-refractivity contribution is 8.24. The van der Waals surface area contributed by atoms with Gasteiger partial charge in [0.15, 0.2) is 5.78 Å². The molecule has 170 valence electrons. The lowest BCUT2D eigenvalue weighted by Gasteiger charge is -2.50. The average molecular weight is 475 g/mol. The van der Waals surface area contributed by atoms with Crippen molar-refractivity contribution in [3.05, 3.63) is 70.4 Å². The van der Waals surface area contributed by atoms with E-state index in [4.69, 9.17) is 4.28 Å². The molecule has 11 heteroatoms. The minimum Gasteiger partial charge on any atom is -0.294 e. The molecule has 1 unspecified atom stereocenters. The number of rotatable bonds is 1. The second-order valence-electron chi connectivity index (χ2n) is 7.92. The standard InChI is InChI=1S/C22H16F3N3O4S/c1-33(31)18-9-12(11-26)5-6-15(18)20-19-16(7-8-17(19)29)27(21(30)28(20)32-33)14-4-2-3-13(10-14)22(23,24)25/h2-6,9-10,20,31H,7-8H2,1H3/t20-/m1/s1. The van der Waals surface area contributed by atoms with Crippen molar-refractivity contribution >= 4 is 28.1 Å². The zero-order valence-corrected chi connectivity index (χ0v) is 17.9. The van der Waals surface area contributed by atoms with Crippen molar-refractivity contribution in [1.82, 2.24) is 5.06 Å². The topological polar surface area (TPSA) is 93.9 Å². The van der Waals surface area contributed by atoms with Gasteiger partial charge in [-0.1, -0.05) is 12.1 Å². The zero-order chi connectivity index (χ0) is 23.7. The van der Waals surface area contributed by atoms with E-state index in [9.17, 15) is 32.6 Å². The van der Waals surface area contributed by atoms with E-state index < -0.39 is 34.4 Å². The lowest BCUT2D eigenvalue weighted by Crippen LogP contribution is -2.51. The predicted molar refractivity (Wildman–Crippen MR) is 112 cm³/mol. The first-order valence-corrected chi connectivity index (χ1v) is 11.8. The molecule has 33 heavy (non-hydrogen) atoms. The third-order valence-corrected chi connectivity index (χ3v) is 7.48. The van der Waals surface area contributed by atoms with Gasteiger partial charge in [-0.25, -0.2) is 4.79 Å². The number of carbonyl (C=O) groups excluding carboxylic acids is 2. The number of amides is 2. The number of benzene rings is 2. The first-order valence-electron chi connectivity index (χ1n) is 9.84. The maximum Gasteiger partial charge on any atom is 0.416 e. The van der Waals surface area contributed by atoms with E-state index in [-0.39, 0.29) is 35.4 Å². The highest BCUT2D eigenvalue weighted by Gasteiger charge is 2.52. The Morgan fingerprint density at radius 1 is 1.18 bits per heavy atom. The van der Waals surface area contributed by atoms with Gasteiger partial charge in [0.1, 0.15) is 6.04 Å². The summed E-state index contributed by atoms with van der Waals surface area (Å²) >= 11 is 0. The average Bonchev–Trinajstić information content (AvgIpc) is 3.14. The first-order chi connectivity index (χ1) is 15.5. The molecule has 3 aliphatic rings. The van der Waals surface area contributed by atoms with Crippen LogP contribution in [0.4, 0.5) is 23.7 Å². The minimum atomic E-state index is -4.62. The van der Waals surface area contributed by atoms with Gasteiger partial charge >= 0.3 is 12.2 Å². The summed E-state index contributed by atoms with van der Waals surface area (Å²) in [5.74, 6) is -0.264. The van der Waals surface area contributed by atoms with Crippen molar-refractivity contribution in [1.29, 1.82) is 5.26 Å². The Morgan fingerprint density at radius 2 is 1.94 bits per heavy atom. The Hall–Kier alpha value is -3.33. The van der Waals surface area contributed by atoms with E-state index in [1.807, 2.05) is 6.07 Å². The predicted octanol–water partition coefficient (Wildman–Crippen LogP) is 5.30. The molecule has 0 aromatic heterocycles. The van der Waals surface area contributed by atoms with Crippen molar-refractivity contribution in [2.45, 2.75) is 30.0 Å². The number of allylic oxidation sites excluding steroid dienone is 1. The van der Waals surface area contributed by atoms with Crippen LogP contribution in [0.3, 0.4) is 0 Å². The minimum absolute atomic E-state index is 0.0562. The lowest BCUT2D eigenvalue weighted by molar-refractivity contribution is -0.137. The van der Waals surface area contributed by atoms with Crippen molar-refractivity contribution in [3.8, 4) is 6.07 Å². The number of carbonyl (C=O) groups is 2. The normalized spacial score (nSPS) is 26.4. The van der Waals surface area contributed by atoms with Crippen LogP contribution >= 0.6 is 10.6 Å². The molecule has 1 aliphatic carbocycles. The number of fused-ring (bicyclic) bond motifs is 4. The molecule has 5 rings (SSSR count). The molecule has 2 atom stereocenters. The molecule has 0 spiro atoms. The largest absolute Gasteiger partial charge is 0.416 e. The van der Waals surface area contributed by atoms with Crippen LogP contribution in [0.25, 0.3) is 0 Å². The second-order valence-corrected chi connectivity index (χ2v) is 10.1. The molecular weight excluding hydrogens is 459 g/mol. The van der Waals surface area contributed by atoms with Gasteiger partial charge in [0.2, 0.25) is 0 Å². The Kier molecular flexibility index (Phi) is 4.62. The van der Waals surface area contributed by atoms with Crippen LogP contribution in [0.5, 0.6) is 0 Å². The van der Waals surface area contributed by atoms with Gasteiger partial charge in [-0.05, 0) is 36.8 Å². The molecule has 0 fully saturated rings. The van der Waals surface area contributed by atoms with E-state index in [0.717, 1.165) is 22.1 Å². The molecule has 0 radical (unpaired) electrons. The Bertz CT molecular complexity index is 1300. The zero-order valence-electron chi connectivity index (χ0n) is 17.1. The smallest absolute Gasteiger partial charge is 0.294 e. The van der Waals surface area contributed by atoms with Gasteiger partial charge in [0, 0.05) is 29.5 Å². The molecule has 2 amide bonds. The third-order valence-electron chi connectivity index (χ3n) is 5.86. The van der Waals surface area contributed by atoms with E-state index in [1.165, 1.54) is 30.5 Å². The lowest BCUT2D eigenvalue weighted by atomic mass is 9.93. The van der Waals surface area contributed by atoms with Gasteiger partial charge < -0.3 is 0 Å². The number of anilines is 1. The molecule has 0 bridgehead atoms. The molecule has 2 aliphatic heterocycles. The number of alkyl halides is 3. The van der Waals surface area contributed by atoms with Gasteiger partial charge in [0.25, 0.3) is 0 Å². The van der Waals surface area contributed by atoms with E-state index in [1.54, 1.807) is 6.07 Å². The fourth-order valence-electron chi connectivity index (χ4n) is 4.45. The summed E-state index contributed by atoms with van der Waals surface area (Å²) in [6.07, 6.45) is -2.99. The summed E-state index contributed by atoms with van der Waals surface area (Å²) in [4.78, 5) is 27.8. The van der Waals surface area contributed by atoms with Crippen molar-refractivity contribution in [2.75, 3.05) is 11.2 Å². The van der Waals surface area contributed by atoms with Crippen LogP contribution in [0, 0.1) is 11.3 Å². The maximum absolute atomic E-state index is 13.5. The number of hydroxylamine groups is 2. The molecule has 0 saturated carbocycles. The van der Waals surface area contributed by atoms with Crippen LogP contribution in [0.15, 0.2) is 58.6 Å². The van der Waals surface area contributed by atoms with Crippen LogP contribution in [0.1, 0.15) is 35.6 Å². The quantitative estimate of drug-likeness (QED) is 0.604. The molecular formula is C22H16F3N3O4S. The second kappa shape index (κ2) is 7.08. The summed E-state index contributed by atoms with van der Waals surface area (Å²) in [6, 6.07) is 9.02. The number of hydrogen-bond donors (Lipinski definition) is 1. The molecule has 2 aromatic carbocycles. The van der Waals surface area contributed by atoms with E-state index in [0.29, 0.717) is 16.2 Å². The number of halogens is 3. The molecule has 2 heterocycles. The third kappa shape index (κ3) is 3.21. The number of nitriles is 1. The monoisotopic (exact) mass is 475 g/mol. The number of hydrogen-bond acceptors (Lipinski definition) is 5. The van der Waals surface area contributed by atoms with Crippen molar-refractivity contribution in [3.63, 3.8) is 0 Å². The van der Waals surface area contributed by atoms with Crippen molar-refractivity contribution in [2.24, 2.45) is 0 Å². The molecule has 1 N–H and O–H groups in total. The van der Waals surface area contributed by atoms with Gasteiger partial charge in [-0.3, -0.25) is 14.2 Å². The summed E-state index contributed by atoms with van der Waals surface area (Å²) < 4.78 is 56.6. The number of Topliss-reactive ketones (excluding diaryl/α,β-unsaturated/α-hetero) is 1. The summed E-state index contributed by atoms with van der Waals surface area (Å²) in [5.41, 5.74) is 0.263. The highest BCUT2D eigenvalue weighted by Crippen LogP contribution is 2.61. The number of nitrogens with zero attached hydrogens (tertiary/aromatic N) is 3. The molecule has 7 nitrogen and oxygen atoms in total. The number of urea groups is 1. The number of ketones is 1. The maximum atomic E-state index is 13.5. The summed E-state index contributed by atoms with van der Waals surface area (Å²) in [5, 5.41) is 10.1. The van der Waals surface area contributed by atoms with Crippen LogP contribution in [-0.2, 0) is 15.3 Å². The Balaban J connectivity index is 1.72. The summed E-state index contributed by atoms with van der Waals surface area (Å²) in [6.45, 7) is 0. The van der Waals surface area contributed by atoms with E-state index in [2.05, 4.69) is 0 Å². The Morgan fingerprint density at radius 3 is 2.64 bits per heavy atom. The van der Waals surface area contributed by atoms with Gasteiger partial charge in [-0.15, -0.1) is 10.6 Å². The Labute approximate surface area is 188 Å².